The lowest BCUT2D eigenvalue weighted by atomic mass is 10.0. The lowest BCUT2D eigenvalue weighted by Gasteiger charge is -2.12. The van der Waals surface area contributed by atoms with Crippen molar-refractivity contribution < 1.29 is 23.1 Å². The minimum absolute atomic E-state index is 0.0156. The summed E-state index contributed by atoms with van der Waals surface area (Å²) in [6.45, 7) is 2.04. The number of alkyl halides is 3. The van der Waals surface area contributed by atoms with E-state index in [1.165, 1.54) is 6.07 Å². The fourth-order valence-corrected chi connectivity index (χ4v) is 1.59. The average molecular weight is 290 g/mol. The maximum atomic E-state index is 12.5. The van der Waals surface area contributed by atoms with E-state index >= 15 is 0 Å². The van der Waals surface area contributed by atoms with Crippen LogP contribution in [-0.2, 0) is 12.7 Å². The summed E-state index contributed by atoms with van der Waals surface area (Å²) in [7, 11) is 0. The molecular formula is C13H17F3N2O2. The number of hydrogen-bond donors (Lipinski definition) is 3. The standard InChI is InChI=1S/C13H17F3N2O2/c1-9-7-11(13(14,15)16)4-3-10(9)8-18-12(20)17-5-2-6-19/h3-4,7,19H,2,5-6,8H2,1H3,(H2,17,18,20). The molecule has 0 aliphatic heterocycles. The Hall–Kier alpha value is -1.76. The second-order valence-electron chi connectivity index (χ2n) is 4.33. The molecule has 7 heteroatoms. The zero-order valence-electron chi connectivity index (χ0n) is 11.0. The van der Waals surface area contributed by atoms with Crippen LogP contribution in [-0.4, -0.2) is 24.3 Å². The molecule has 0 unspecified atom stereocenters. The third-order valence-electron chi connectivity index (χ3n) is 2.73. The van der Waals surface area contributed by atoms with Crippen LogP contribution < -0.4 is 10.6 Å². The second-order valence-corrected chi connectivity index (χ2v) is 4.33. The Morgan fingerprint density at radius 1 is 1.30 bits per heavy atom. The Bertz CT molecular complexity index is 461. The molecule has 0 aromatic heterocycles. The molecule has 0 fully saturated rings. The quantitative estimate of drug-likeness (QED) is 0.728. The molecular weight excluding hydrogens is 273 g/mol. The van der Waals surface area contributed by atoms with Crippen LogP contribution in [0.1, 0.15) is 23.1 Å². The van der Waals surface area contributed by atoms with Gasteiger partial charge < -0.3 is 15.7 Å². The third kappa shape index (κ3) is 5.08. The number of amides is 2. The van der Waals surface area contributed by atoms with Crippen LogP contribution in [0.15, 0.2) is 18.2 Å². The number of rotatable bonds is 5. The summed E-state index contributed by atoms with van der Waals surface area (Å²) in [6.07, 6.45) is -3.91. The summed E-state index contributed by atoms with van der Waals surface area (Å²) in [4.78, 5) is 11.3. The van der Waals surface area contributed by atoms with Crippen molar-refractivity contribution in [2.24, 2.45) is 0 Å². The van der Waals surface area contributed by atoms with E-state index in [1.807, 2.05) is 0 Å². The monoisotopic (exact) mass is 290 g/mol. The van der Waals surface area contributed by atoms with Crippen LogP contribution in [0.2, 0.25) is 0 Å². The van der Waals surface area contributed by atoms with Crippen molar-refractivity contribution in [2.75, 3.05) is 13.2 Å². The molecule has 0 atom stereocenters. The number of aryl methyl sites for hydroxylation is 1. The Kier molecular flexibility index (Phi) is 5.82. The maximum absolute atomic E-state index is 12.5. The molecule has 2 amide bonds. The van der Waals surface area contributed by atoms with Gasteiger partial charge in [-0.15, -0.1) is 0 Å². The van der Waals surface area contributed by atoms with Crippen molar-refractivity contribution in [2.45, 2.75) is 26.1 Å². The van der Waals surface area contributed by atoms with Gasteiger partial charge >= 0.3 is 12.2 Å². The summed E-state index contributed by atoms with van der Waals surface area (Å²) >= 11 is 0. The van der Waals surface area contributed by atoms with Gasteiger partial charge in [0.05, 0.1) is 5.56 Å². The highest BCUT2D eigenvalue weighted by Gasteiger charge is 2.30. The molecule has 4 nitrogen and oxygen atoms in total. The summed E-state index contributed by atoms with van der Waals surface area (Å²) < 4.78 is 37.5. The molecule has 0 bridgehead atoms. The molecule has 112 valence electrons. The van der Waals surface area contributed by atoms with E-state index in [-0.39, 0.29) is 13.2 Å². The fourth-order valence-electron chi connectivity index (χ4n) is 1.59. The van der Waals surface area contributed by atoms with Gasteiger partial charge in [-0.25, -0.2) is 4.79 Å². The number of urea groups is 1. The van der Waals surface area contributed by atoms with E-state index in [4.69, 9.17) is 5.11 Å². The highest BCUT2D eigenvalue weighted by Crippen LogP contribution is 2.30. The first-order valence-corrected chi connectivity index (χ1v) is 6.14. The number of aliphatic hydroxyl groups is 1. The van der Waals surface area contributed by atoms with E-state index in [1.54, 1.807) is 6.92 Å². The average Bonchev–Trinajstić information content (AvgIpc) is 2.36. The predicted molar refractivity (Wildman–Crippen MR) is 68.1 cm³/mol. The van der Waals surface area contributed by atoms with Gasteiger partial charge in [-0.1, -0.05) is 6.07 Å². The van der Waals surface area contributed by atoms with Gasteiger partial charge in [-0.3, -0.25) is 0 Å². The van der Waals surface area contributed by atoms with Crippen LogP contribution in [0.3, 0.4) is 0 Å². The predicted octanol–water partition coefficient (Wildman–Crippen LogP) is 2.20. The lowest BCUT2D eigenvalue weighted by molar-refractivity contribution is -0.137. The van der Waals surface area contributed by atoms with E-state index in [9.17, 15) is 18.0 Å². The second kappa shape index (κ2) is 7.14. The van der Waals surface area contributed by atoms with Gasteiger partial charge in [0.15, 0.2) is 0 Å². The summed E-state index contributed by atoms with van der Waals surface area (Å²) in [5.74, 6) is 0. The van der Waals surface area contributed by atoms with Gasteiger partial charge in [0.1, 0.15) is 0 Å². The normalized spacial score (nSPS) is 11.2. The highest BCUT2D eigenvalue weighted by molar-refractivity contribution is 5.73. The van der Waals surface area contributed by atoms with Crippen molar-refractivity contribution in [3.8, 4) is 0 Å². The SMILES string of the molecule is Cc1cc(C(F)(F)F)ccc1CNC(=O)NCCCO. The van der Waals surface area contributed by atoms with Gasteiger partial charge in [-0.05, 0) is 36.6 Å². The number of halogens is 3. The first-order chi connectivity index (χ1) is 9.34. The van der Waals surface area contributed by atoms with Crippen molar-refractivity contribution in [3.05, 3.63) is 34.9 Å². The third-order valence-corrected chi connectivity index (χ3v) is 2.73. The Morgan fingerprint density at radius 2 is 2.00 bits per heavy atom. The molecule has 1 aromatic carbocycles. The largest absolute Gasteiger partial charge is 0.416 e. The van der Waals surface area contributed by atoms with E-state index in [0.717, 1.165) is 12.1 Å². The lowest BCUT2D eigenvalue weighted by Crippen LogP contribution is -2.35. The minimum Gasteiger partial charge on any atom is -0.396 e. The minimum atomic E-state index is -4.36. The summed E-state index contributed by atoms with van der Waals surface area (Å²) in [5, 5.41) is 13.6. The van der Waals surface area contributed by atoms with Crippen molar-refractivity contribution >= 4 is 6.03 Å². The zero-order valence-corrected chi connectivity index (χ0v) is 11.0. The molecule has 20 heavy (non-hydrogen) atoms. The molecule has 0 aliphatic rings. The first kappa shape index (κ1) is 16.3. The topological polar surface area (TPSA) is 61.4 Å². The number of carbonyl (C=O) groups excluding carboxylic acids is 1. The van der Waals surface area contributed by atoms with Crippen LogP contribution >= 0.6 is 0 Å². The van der Waals surface area contributed by atoms with Gasteiger partial charge in [0.25, 0.3) is 0 Å². The molecule has 0 radical (unpaired) electrons. The van der Waals surface area contributed by atoms with Gasteiger partial charge in [0, 0.05) is 19.7 Å². The van der Waals surface area contributed by atoms with E-state index in [2.05, 4.69) is 10.6 Å². The first-order valence-electron chi connectivity index (χ1n) is 6.14. The van der Waals surface area contributed by atoms with Crippen LogP contribution in [0.25, 0.3) is 0 Å². The number of carbonyl (C=O) groups is 1. The van der Waals surface area contributed by atoms with Crippen molar-refractivity contribution in [1.82, 2.24) is 10.6 Å². The number of aliphatic hydroxyl groups excluding tert-OH is 1. The molecule has 0 heterocycles. The number of benzene rings is 1. The summed E-state index contributed by atoms with van der Waals surface area (Å²) in [5.41, 5.74) is 0.386. The Balaban J connectivity index is 2.55. The molecule has 0 saturated carbocycles. The number of nitrogens with one attached hydrogen (secondary N) is 2. The fraction of sp³-hybridized carbons (Fsp3) is 0.462. The molecule has 3 N–H and O–H groups in total. The van der Waals surface area contributed by atoms with Crippen molar-refractivity contribution in [3.63, 3.8) is 0 Å². The van der Waals surface area contributed by atoms with Crippen LogP contribution in [0, 0.1) is 6.92 Å². The highest BCUT2D eigenvalue weighted by atomic mass is 19.4. The van der Waals surface area contributed by atoms with Gasteiger partial charge in [-0.2, -0.15) is 13.2 Å². The maximum Gasteiger partial charge on any atom is 0.416 e. The molecule has 0 aliphatic carbocycles. The molecule has 0 spiro atoms. The zero-order chi connectivity index (χ0) is 15.2. The van der Waals surface area contributed by atoms with Crippen LogP contribution in [0.5, 0.6) is 0 Å². The van der Waals surface area contributed by atoms with E-state index in [0.29, 0.717) is 24.1 Å². The molecule has 1 rings (SSSR count). The Morgan fingerprint density at radius 3 is 2.55 bits per heavy atom. The van der Waals surface area contributed by atoms with E-state index < -0.39 is 17.8 Å². The van der Waals surface area contributed by atoms with Gasteiger partial charge in [0.2, 0.25) is 0 Å². The Labute approximate surface area is 115 Å². The number of hydrogen-bond acceptors (Lipinski definition) is 2. The molecule has 1 aromatic rings. The summed E-state index contributed by atoms with van der Waals surface area (Å²) in [6, 6.07) is 2.98. The smallest absolute Gasteiger partial charge is 0.396 e. The molecule has 0 saturated heterocycles. The van der Waals surface area contributed by atoms with Crippen molar-refractivity contribution in [1.29, 1.82) is 0 Å². The van der Waals surface area contributed by atoms with Crippen LogP contribution in [0.4, 0.5) is 18.0 Å².